The molecular weight excluding hydrogens is 302 g/mol. The number of fused-ring (bicyclic) bond motifs is 1. The maximum absolute atomic E-state index is 5.99. The Hall–Kier alpha value is -2.34. The molecule has 6 nitrogen and oxygen atoms in total. The molecule has 1 saturated heterocycles. The number of nitrogens with zero attached hydrogens (tertiary/aromatic N) is 4. The Morgan fingerprint density at radius 2 is 1.38 bits per heavy atom. The normalized spacial score (nSPS) is 18.2. The largest absolute Gasteiger partial charge is 0.378 e. The number of aromatic nitrogens is 2. The molecule has 0 radical (unpaired) electrons. The maximum atomic E-state index is 5.99. The van der Waals surface area contributed by atoms with Crippen LogP contribution in [0.3, 0.4) is 0 Å². The van der Waals surface area contributed by atoms with Gasteiger partial charge in [0, 0.05) is 32.2 Å². The van der Waals surface area contributed by atoms with Gasteiger partial charge in [0.05, 0.1) is 13.2 Å². The Labute approximate surface area is 142 Å². The smallest absolute Gasteiger partial charge is 0.223 e. The van der Waals surface area contributed by atoms with Gasteiger partial charge in [0.1, 0.15) is 11.6 Å². The number of nitrogens with two attached hydrogens (primary N) is 1. The number of ether oxygens (including phenoxy) is 1. The van der Waals surface area contributed by atoms with Crippen molar-refractivity contribution in [3.05, 3.63) is 41.5 Å². The molecule has 2 N–H and O–H groups in total. The maximum Gasteiger partial charge on any atom is 0.223 e. The molecule has 6 heteroatoms. The lowest BCUT2D eigenvalue weighted by molar-refractivity contribution is 0.122. The molecule has 2 aromatic rings. The van der Waals surface area contributed by atoms with Crippen molar-refractivity contribution < 1.29 is 4.74 Å². The van der Waals surface area contributed by atoms with Crippen LogP contribution in [0, 0.1) is 0 Å². The summed E-state index contributed by atoms with van der Waals surface area (Å²) in [5.41, 5.74) is 8.87. The highest BCUT2D eigenvalue weighted by Crippen LogP contribution is 2.24. The minimum Gasteiger partial charge on any atom is -0.378 e. The molecule has 2 aliphatic rings. The van der Waals surface area contributed by atoms with E-state index >= 15 is 0 Å². The van der Waals surface area contributed by atoms with Crippen LogP contribution >= 0.6 is 0 Å². The summed E-state index contributed by atoms with van der Waals surface area (Å²) in [4.78, 5) is 13.5. The van der Waals surface area contributed by atoms with Gasteiger partial charge in [-0.05, 0) is 24.0 Å². The van der Waals surface area contributed by atoms with Gasteiger partial charge in [0.15, 0.2) is 0 Å². The molecule has 2 aliphatic heterocycles. The molecule has 1 aromatic heterocycles. The molecule has 3 heterocycles. The molecule has 0 aliphatic carbocycles. The fourth-order valence-electron chi connectivity index (χ4n) is 3.45. The number of nitrogen functional groups attached to an aromatic ring is 1. The summed E-state index contributed by atoms with van der Waals surface area (Å²) in [7, 11) is 0. The van der Waals surface area contributed by atoms with E-state index in [0.29, 0.717) is 5.95 Å². The van der Waals surface area contributed by atoms with Crippen LogP contribution in [0.2, 0.25) is 0 Å². The van der Waals surface area contributed by atoms with Crippen molar-refractivity contribution in [2.24, 2.45) is 0 Å². The number of anilines is 3. The van der Waals surface area contributed by atoms with Crippen LogP contribution in [0.4, 0.5) is 17.6 Å². The number of hydrogen-bond acceptors (Lipinski definition) is 6. The Kier molecular flexibility index (Phi) is 4.21. The standard InChI is InChI=1S/C18H23N5O/c19-18-20-16(13-17(21-18)23-9-11-24-12-10-23)22-7-5-14-3-1-2-4-15(14)6-8-22/h1-4,13H,5-12H2,(H2,19,20,21). The molecule has 0 saturated carbocycles. The second-order valence-corrected chi connectivity index (χ2v) is 6.30. The van der Waals surface area contributed by atoms with Crippen LogP contribution < -0.4 is 15.5 Å². The van der Waals surface area contributed by atoms with E-state index in [2.05, 4.69) is 50.1 Å². The van der Waals surface area contributed by atoms with Gasteiger partial charge in [-0.25, -0.2) is 0 Å². The third kappa shape index (κ3) is 3.14. The predicted molar refractivity (Wildman–Crippen MR) is 95.5 cm³/mol. The van der Waals surface area contributed by atoms with E-state index in [1.165, 1.54) is 11.1 Å². The molecule has 24 heavy (non-hydrogen) atoms. The molecule has 0 bridgehead atoms. The summed E-state index contributed by atoms with van der Waals surface area (Å²) in [6.07, 6.45) is 2.07. The Balaban J connectivity index is 1.57. The fourth-order valence-corrected chi connectivity index (χ4v) is 3.45. The lowest BCUT2D eigenvalue weighted by atomic mass is 10.0. The zero-order valence-corrected chi connectivity index (χ0v) is 13.8. The van der Waals surface area contributed by atoms with E-state index in [0.717, 1.165) is 63.9 Å². The Bertz CT molecular complexity index is 687. The van der Waals surface area contributed by atoms with Gasteiger partial charge >= 0.3 is 0 Å². The summed E-state index contributed by atoms with van der Waals surface area (Å²) < 4.78 is 5.42. The second kappa shape index (κ2) is 6.65. The Morgan fingerprint density at radius 3 is 1.96 bits per heavy atom. The van der Waals surface area contributed by atoms with Gasteiger partial charge in [0.2, 0.25) is 5.95 Å². The van der Waals surface area contributed by atoms with Gasteiger partial charge in [-0.15, -0.1) is 0 Å². The first kappa shape index (κ1) is 15.2. The summed E-state index contributed by atoms with van der Waals surface area (Å²) in [6, 6.07) is 10.8. The number of rotatable bonds is 2. The third-order valence-electron chi connectivity index (χ3n) is 4.80. The molecule has 1 fully saturated rings. The fraction of sp³-hybridized carbons (Fsp3) is 0.444. The van der Waals surface area contributed by atoms with Gasteiger partial charge in [-0.2, -0.15) is 9.97 Å². The third-order valence-corrected chi connectivity index (χ3v) is 4.80. The molecule has 126 valence electrons. The summed E-state index contributed by atoms with van der Waals surface area (Å²) in [5.74, 6) is 2.18. The van der Waals surface area contributed by atoms with Crippen LogP contribution in [0.1, 0.15) is 11.1 Å². The average molecular weight is 325 g/mol. The van der Waals surface area contributed by atoms with Crippen molar-refractivity contribution in [2.75, 3.05) is 54.9 Å². The van der Waals surface area contributed by atoms with Crippen LogP contribution in [0.15, 0.2) is 30.3 Å². The van der Waals surface area contributed by atoms with Crippen molar-refractivity contribution in [1.29, 1.82) is 0 Å². The SMILES string of the molecule is Nc1nc(N2CCOCC2)cc(N2CCc3ccccc3CC2)n1. The van der Waals surface area contributed by atoms with E-state index in [1.54, 1.807) is 0 Å². The van der Waals surface area contributed by atoms with Crippen molar-refractivity contribution in [2.45, 2.75) is 12.8 Å². The summed E-state index contributed by atoms with van der Waals surface area (Å²) in [6.45, 7) is 5.07. The average Bonchev–Trinajstić information content (AvgIpc) is 2.85. The molecular formula is C18H23N5O. The van der Waals surface area contributed by atoms with Crippen molar-refractivity contribution in [3.8, 4) is 0 Å². The number of benzene rings is 1. The van der Waals surface area contributed by atoms with Gasteiger partial charge in [-0.3, -0.25) is 0 Å². The first-order valence-electron chi connectivity index (χ1n) is 8.58. The highest BCUT2D eigenvalue weighted by atomic mass is 16.5. The minimum atomic E-state index is 0.343. The number of morpholine rings is 1. The number of hydrogen-bond donors (Lipinski definition) is 1. The highest BCUT2D eigenvalue weighted by molar-refractivity contribution is 5.55. The zero-order chi connectivity index (χ0) is 16.4. The van der Waals surface area contributed by atoms with E-state index < -0.39 is 0 Å². The molecule has 0 amide bonds. The van der Waals surface area contributed by atoms with Crippen molar-refractivity contribution in [1.82, 2.24) is 9.97 Å². The summed E-state index contributed by atoms with van der Waals surface area (Å²) >= 11 is 0. The van der Waals surface area contributed by atoms with Gasteiger partial charge in [-0.1, -0.05) is 24.3 Å². The lowest BCUT2D eigenvalue weighted by Gasteiger charge is -2.29. The molecule has 1 aromatic carbocycles. The monoisotopic (exact) mass is 325 g/mol. The lowest BCUT2D eigenvalue weighted by Crippen LogP contribution is -2.37. The van der Waals surface area contributed by atoms with Crippen molar-refractivity contribution in [3.63, 3.8) is 0 Å². The molecule has 0 spiro atoms. The zero-order valence-electron chi connectivity index (χ0n) is 13.8. The first-order valence-corrected chi connectivity index (χ1v) is 8.58. The van der Waals surface area contributed by atoms with Crippen LogP contribution in [0.5, 0.6) is 0 Å². The van der Waals surface area contributed by atoms with Crippen LogP contribution in [0.25, 0.3) is 0 Å². The molecule has 0 atom stereocenters. The van der Waals surface area contributed by atoms with E-state index in [1.807, 2.05) is 0 Å². The highest BCUT2D eigenvalue weighted by Gasteiger charge is 2.19. The first-order chi connectivity index (χ1) is 11.8. The molecule has 4 rings (SSSR count). The van der Waals surface area contributed by atoms with E-state index in [4.69, 9.17) is 10.5 Å². The predicted octanol–water partition coefficient (Wildman–Crippen LogP) is 1.50. The Morgan fingerprint density at radius 1 is 0.833 bits per heavy atom. The van der Waals surface area contributed by atoms with Gasteiger partial charge < -0.3 is 20.3 Å². The van der Waals surface area contributed by atoms with Crippen molar-refractivity contribution >= 4 is 17.6 Å². The quantitative estimate of drug-likeness (QED) is 0.902. The molecule has 0 unspecified atom stereocenters. The second-order valence-electron chi connectivity index (χ2n) is 6.30. The van der Waals surface area contributed by atoms with Crippen LogP contribution in [-0.2, 0) is 17.6 Å². The van der Waals surface area contributed by atoms with E-state index in [9.17, 15) is 0 Å². The topological polar surface area (TPSA) is 67.5 Å². The minimum absolute atomic E-state index is 0.343. The van der Waals surface area contributed by atoms with E-state index in [-0.39, 0.29) is 0 Å². The van der Waals surface area contributed by atoms with Gasteiger partial charge in [0.25, 0.3) is 0 Å². The summed E-state index contributed by atoms with van der Waals surface area (Å²) in [5, 5.41) is 0. The van der Waals surface area contributed by atoms with Crippen LogP contribution in [-0.4, -0.2) is 49.4 Å².